The number of rotatable bonds is 5. The van der Waals surface area contributed by atoms with Crippen LogP contribution < -0.4 is 5.56 Å². The van der Waals surface area contributed by atoms with Gasteiger partial charge in [-0.05, 0) is 12.5 Å². The van der Waals surface area contributed by atoms with E-state index in [-0.39, 0.29) is 12.0 Å². The number of ether oxygens (including phenoxy) is 1. The molecule has 0 atom stereocenters. The molecule has 1 rings (SSSR count). The third kappa shape index (κ3) is 3.22. The Morgan fingerprint density at radius 1 is 1.60 bits per heavy atom. The maximum absolute atomic E-state index is 11.7. The molecule has 1 aromatic heterocycles. The monoisotopic (exact) mass is 206 g/mol. The molecule has 0 radical (unpaired) electrons. The average molecular weight is 206 g/mol. The minimum Gasteiger partial charge on any atom is -0.385 e. The fourth-order valence-corrected chi connectivity index (χ4v) is 1.36. The van der Waals surface area contributed by atoms with E-state index in [1.54, 1.807) is 30.0 Å². The summed E-state index contributed by atoms with van der Waals surface area (Å²) in [6.45, 7) is 1.26. The first kappa shape index (κ1) is 11.5. The van der Waals surface area contributed by atoms with Gasteiger partial charge in [0.1, 0.15) is 0 Å². The van der Waals surface area contributed by atoms with E-state index in [0.29, 0.717) is 18.7 Å². The summed E-state index contributed by atoms with van der Waals surface area (Å²) in [6.07, 6.45) is 2.70. The van der Waals surface area contributed by atoms with Crippen molar-refractivity contribution in [2.24, 2.45) is 0 Å². The SMILES string of the molecule is COCCCn1cccc(CC#N)c1=O. The molecule has 4 nitrogen and oxygen atoms in total. The van der Waals surface area contributed by atoms with Gasteiger partial charge >= 0.3 is 0 Å². The third-order valence-corrected chi connectivity index (χ3v) is 2.12. The third-order valence-electron chi connectivity index (χ3n) is 2.12. The highest BCUT2D eigenvalue weighted by Gasteiger charge is 2.01. The molecular formula is C11H14N2O2. The van der Waals surface area contributed by atoms with E-state index in [1.165, 1.54) is 0 Å². The quantitative estimate of drug-likeness (QED) is 0.674. The Morgan fingerprint density at radius 2 is 2.40 bits per heavy atom. The molecule has 0 amide bonds. The summed E-state index contributed by atoms with van der Waals surface area (Å²) in [4.78, 5) is 11.7. The molecular weight excluding hydrogens is 192 g/mol. The Labute approximate surface area is 88.7 Å². The maximum atomic E-state index is 11.7. The van der Waals surface area contributed by atoms with E-state index in [9.17, 15) is 4.79 Å². The normalized spacial score (nSPS) is 9.87. The minimum atomic E-state index is -0.0739. The number of hydrogen-bond donors (Lipinski definition) is 0. The summed E-state index contributed by atoms with van der Waals surface area (Å²) in [6, 6.07) is 5.47. The zero-order valence-corrected chi connectivity index (χ0v) is 8.77. The first-order chi connectivity index (χ1) is 7.29. The summed E-state index contributed by atoms with van der Waals surface area (Å²) in [5.74, 6) is 0. The fourth-order valence-electron chi connectivity index (χ4n) is 1.36. The molecule has 0 aliphatic heterocycles. The van der Waals surface area contributed by atoms with E-state index >= 15 is 0 Å². The average Bonchev–Trinajstić information content (AvgIpc) is 2.24. The largest absolute Gasteiger partial charge is 0.385 e. The van der Waals surface area contributed by atoms with Gasteiger partial charge in [-0.2, -0.15) is 5.26 Å². The van der Waals surface area contributed by atoms with Crippen LogP contribution in [0.3, 0.4) is 0 Å². The zero-order chi connectivity index (χ0) is 11.1. The predicted molar refractivity (Wildman–Crippen MR) is 56.5 cm³/mol. The number of hydrogen-bond acceptors (Lipinski definition) is 3. The van der Waals surface area contributed by atoms with Crippen LogP contribution >= 0.6 is 0 Å². The van der Waals surface area contributed by atoms with Crippen LogP contribution in [-0.2, 0) is 17.7 Å². The molecule has 4 heteroatoms. The lowest BCUT2D eigenvalue weighted by Crippen LogP contribution is -2.23. The van der Waals surface area contributed by atoms with Crippen LogP contribution in [0.4, 0.5) is 0 Å². The molecule has 0 fully saturated rings. The number of methoxy groups -OCH3 is 1. The first-order valence-electron chi connectivity index (χ1n) is 4.84. The second kappa shape index (κ2) is 5.99. The van der Waals surface area contributed by atoms with Gasteiger partial charge in [-0.1, -0.05) is 6.07 Å². The van der Waals surface area contributed by atoms with Crippen molar-refractivity contribution >= 4 is 0 Å². The van der Waals surface area contributed by atoms with Crippen LogP contribution in [-0.4, -0.2) is 18.3 Å². The lowest BCUT2D eigenvalue weighted by Gasteiger charge is -2.05. The lowest BCUT2D eigenvalue weighted by atomic mass is 10.2. The van der Waals surface area contributed by atoms with Gasteiger partial charge in [0.05, 0.1) is 12.5 Å². The second-order valence-corrected chi connectivity index (χ2v) is 3.21. The molecule has 15 heavy (non-hydrogen) atoms. The highest BCUT2D eigenvalue weighted by Crippen LogP contribution is 1.94. The van der Waals surface area contributed by atoms with Gasteiger partial charge in [-0.15, -0.1) is 0 Å². The summed E-state index contributed by atoms with van der Waals surface area (Å²) >= 11 is 0. The molecule has 0 aliphatic rings. The number of nitrogens with zero attached hydrogens (tertiary/aromatic N) is 2. The van der Waals surface area contributed by atoms with Crippen LogP contribution in [0.25, 0.3) is 0 Å². The van der Waals surface area contributed by atoms with Gasteiger partial charge < -0.3 is 9.30 Å². The van der Waals surface area contributed by atoms with Gasteiger partial charge in [0.2, 0.25) is 0 Å². The lowest BCUT2D eigenvalue weighted by molar-refractivity contribution is 0.190. The fraction of sp³-hybridized carbons (Fsp3) is 0.455. The van der Waals surface area contributed by atoms with Crippen LogP contribution in [0.5, 0.6) is 0 Å². The topological polar surface area (TPSA) is 55.0 Å². The minimum absolute atomic E-state index is 0.0739. The highest BCUT2D eigenvalue weighted by molar-refractivity contribution is 5.14. The van der Waals surface area contributed by atoms with Gasteiger partial charge in [-0.3, -0.25) is 4.79 Å². The molecule has 0 N–H and O–H groups in total. The Kier molecular flexibility index (Phi) is 4.58. The zero-order valence-electron chi connectivity index (χ0n) is 8.77. The maximum Gasteiger partial charge on any atom is 0.254 e. The van der Waals surface area contributed by atoms with Crippen molar-refractivity contribution in [1.29, 1.82) is 5.26 Å². The van der Waals surface area contributed by atoms with E-state index in [0.717, 1.165) is 6.42 Å². The first-order valence-corrected chi connectivity index (χ1v) is 4.84. The van der Waals surface area contributed by atoms with Gasteiger partial charge in [0, 0.05) is 32.0 Å². The summed E-state index contributed by atoms with van der Waals surface area (Å²) in [5.41, 5.74) is 0.479. The van der Waals surface area contributed by atoms with Gasteiger partial charge in [-0.25, -0.2) is 0 Å². The Bertz CT molecular complexity index is 404. The second-order valence-electron chi connectivity index (χ2n) is 3.21. The van der Waals surface area contributed by atoms with Crippen molar-refractivity contribution in [2.45, 2.75) is 19.4 Å². The number of nitriles is 1. The summed E-state index contributed by atoms with van der Waals surface area (Å²) in [7, 11) is 1.63. The number of aromatic nitrogens is 1. The van der Waals surface area contributed by atoms with Crippen LogP contribution in [0.1, 0.15) is 12.0 Å². The summed E-state index contributed by atoms with van der Waals surface area (Å²) in [5, 5.41) is 8.53. The number of pyridine rings is 1. The molecule has 0 saturated carbocycles. The van der Waals surface area contributed by atoms with Crippen LogP contribution in [0, 0.1) is 11.3 Å². The van der Waals surface area contributed by atoms with E-state index in [1.807, 2.05) is 6.07 Å². The standard InChI is InChI=1S/C11H14N2O2/c1-15-9-3-8-13-7-2-4-10(5-6-12)11(13)14/h2,4,7H,3,5,8-9H2,1H3. The predicted octanol–water partition coefficient (Wildman–Crippen LogP) is 0.951. The Morgan fingerprint density at radius 3 is 3.07 bits per heavy atom. The van der Waals surface area contributed by atoms with Gasteiger partial charge in [0.15, 0.2) is 0 Å². The molecule has 0 bridgehead atoms. The number of aryl methyl sites for hydroxylation is 1. The van der Waals surface area contributed by atoms with Crippen molar-refractivity contribution < 1.29 is 4.74 Å². The van der Waals surface area contributed by atoms with Crippen LogP contribution in [0.2, 0.25) is 0 Å². The van der Waals surface area contributed by atoms with Crippen LogP contribution in [0.15, 0.2) is 23.1 Å². The van der Waals surface area contributed by atoms with E-state index in [4.69, 9.17) is 10.00 Å². The molecule has 0 aliphatic carbocycles. The molecule has 1 heterocycles. The highest BCUT2D eigenvalue weighted by atomic mass is 16.5. The molecule has 1 aromatic rings. The Balaban J connectivity index is 2.77. The molecule has 0 aromatic carbocycles. The molecule has 0 saturated heterocycles. The smallest absolute Gasteiger partial charge is 0.254 e. The van der Waals surface area contributed by atoms with Crippen molar-refractivity contribution in [3.8, 4) is 6.07 Å². The van der Waals surface area contributed by atoms with Gasteiger partial charge in [0.25, 0.3) is 5.56 Å². The summed E-state index contributed by atoms with van der Waals surface area (Å²) < 4.78 is 6.53. The Hall–Kier alpha value is -1.60. The molecule has 0 spiro atoms. The van der Waals surface area contributed by atoms with Crippen molar-refractivity contribution in [3.63, 3.8) is 0 Å². The molecule has 80 valence electrons. The molecule has 0 unspecified atom stereocenters. The van der Waals surface area contributed by atoms with E-state index < -0.39 is 0 Å². The van der Waals surface area contributed by atoms with Crippen molar-refractivity contribution in [2.75, 3.05) is 13.7 Å². The van der Waals surface area contributed by atoms with Crippen molar-refractivity contribution in [1.82, 2.24) is 4.57 Å². The van der Waals surface area contributed by atoms with Crippen molar-refractivity contribution in [3.05, 3.63) is 34.2 Å². The van der Waals surface area contributed by atoms with E-state index in [2.05, 4.69) is 0 Å².